The SMILES string of the molecule is COC(=O)C1=C(C)N=c2s/c(=C\c3cccn3-c3ccc(Cl)cc3)c(=O)n2[C@H]1c1cc(Cl)ccc1OC. The van der Waals surface area contributed by atoms with Crippen molar-refractivity contribution in [2.45, 2.75) is 13.0 Å². The van der Waals surface area contributed by atoms with Gasteiger partial charge in [0, 0.05) is 33.2 Å². The lowest BCUT2D eigenvalue weighted by molar-refractivity contribution is -0.136. The molecule has 4 aromatic rings. The Balaban J connectivity index is 1.74. The van der Waals surface area contributed by atoms with Crippen LogP contribution in [0.2, 0.25) is 10.0 Å². The molecule has 0 saturated carbocycles. The van der Waals surface area contributed by atoms with Gasteiger partial charge in [0.25, 0.3) is 5.56 Å². The van der Waals surface area contributed by atoms with Crippen LogP contribution in [0.4, 0.5) is 0 Å². The Morgan fingerprint density at radius 1 is 1.08 bits per heavy atom. The molecule has 0 aliphatic carbocycles. The van der Waals surface area contributed by atoms with Crippen LogP contribution in [0.5, 0.6) is 5.75 Å². The lowest BCUT2D eigenvalue weighted by Gasteiger charge is -2.25. The van der Waals surface area contributed by atoms with E-state index in [1.165, 1.54) is 30.1 Å². The average molecular weight is 554 g/mol. The highest BCUT2D eigenvalue weighted by Crippen LogP contribution is 2.37. The molecule has 0 unspecified atom stereocenters. The second-order valence-corrected chi connectivity index (χ2v) is 10.1. The van der Waals surface area contributed by atoms with Gasteiger partial charge in [-0.15, -0.1) is 0 Å². The molecule has 3 heterocycles. The van der Waals surface area contributed by atoms with Crippen LogP contribution in [0.1, 0.15) is 24.2 Å². The molecule has 0 fully saturated rings. The fourth-order valence-electron chi connectivity index (χ4n) is 4.39. The number of carbonyl (C=O) groups is 1. The maximum atomic E-state index is 13.9. The largest absolute Gasteiger partial charge is 0.496 e. The molecule has 0 bridgehead atoms. The third-order valence-corrected chi connectivity index (χ3v) is 7.55. The molecular formula is C27H21Cl2N3O4S. The number of aromatic nitrogens is 2. The molecule has 10 heteroatoms. The van der Waals surface area contributed by atoms with E-state index >= 15 is 0 Å². The number of halogens is 2. The first-order valence-corrected chi connectivity index (χ1v) is 12.8. The highest BCUT2D eigenvalue weighted by Gasteiger charge is 2.35. The van der Waals surface area contributed by atoms with Gasteiger partial charge in [-0.25, -0.2) is 9.79 Å². The Bertz CT molecular complexity index is 1730. The van der Waals surface area contributed by atoms with Gasteiger partial charge in [-0.1, -0.05) is 34.5 Å². The summed E-state index contributed by atoms with van der Waals surface area (Å²) in [7, 11) is 2.82. The zero-order valence-electron chi connectivity index (χ0n) is 20.1. The molecule has 0 radical (unpaired) electrons. The minimum absolute atomic E-state index is 0.242. The topological polar surface area (TPSA) is 74.8 Å². The van der Waals surface area contributed by atoms with E-state index in [0.717, 1.165) is 11.4 Å². The molecule has 5 rings (SSSR count). The summed E-state index contributed by atoms with van der Waals surface area (Å²) >= 11 is 13.6. The Kier molecular flexibility index (Phi) is 6.81. The molecule has 2 aromatic carbocycles. The Labute approximate surface area is 226 Å². The summed E-state index contributed by atoms with van der Waals surface area (Å²) < 4.78 is 14.6. The molecular weight excluding hydrogens is 533 g/mol. The van der Waals surface area contributed by atoms with Crippen molar-refractivity contribution in [1.29, 1.82) is 0 Å². The van der Waals surface area contributed by atoms with E-state index < -0.39 is 12.0 Å². The molecule has 0 spiro atoms. The van der Waals surface area contributed by atoms with Crippen LogP contribution < -0.4 is 19.6 Å². The normalized spacial score (nSPS) is 15.4. The average Bonchev–Trinajstić information content (AvgIpc) is 3.47. The van der Waals surface area contributed by atoms with E-state index in [2.05, 4.69) is 4.99 Å². The van der Waals surface area contributed by atoms with Gasteiger partial charge in [-0.3, -0.25) is 9.36 Å². The van der Waals surface area contributed by atoms with Crippen molar-refractivity contribution in [3.63, 3.8) is 0 Å². The second-order valence-electron chi connectivity index (χ2n) is 8.24. The van der Waals surface area contributed by atoms with Gasteiger partial charge in [0.1, 0.15) is 11.8 Å². The minimum atomic E-state index is -0.831. The van der Waals surface area contributed by atoms with E-state index in [9.17, 15) is 9.59 Å². The first-order valence-electron chi connectivity index (χ1n) is 11.2. The second kappa shape index (κ2) is 10.0. The van der Waals surface area contributed by atoms with Crippen molar-refractivity contribution in [3.05, 3.63) is 113 Å². The van der Waals surface area contributed by atoms with Crippen LogP contribution in [0.15, 0.2) is 81.9 Å². The number of rotatable bonds is 5. The third-order valence-electron chi connectivity index (χ3n) is 6.08. The van der Waals surface area contributed by atoms with Gasteiger partial charge in [-0.05, 0) is 67.6 Å². The van der Waals surface area contributed by atoms with Crippen molar-refractivity contribution in [1.82, 2.24) is 9.13 Å². The number of fused-ring (bicyclic) bond motifs is 1. The zero-order chi connectivity index (χ0) is 26.3. The highest BCUT2D eigenvalue weighted by molar-refractivity contribution is 7.07. The smallest absolute Gasteiger partial charge is 0.338 e. The van der Waals surface area contributed by atoms with Crippen LogP contribution in [-0.4, -0.2) is 29.3 Å². The lowest BCUT2D eigenvalue weighted by Crippen LogP contribution is -2.40. The van der Waals surface area contributed by atoms with Gasteiger partial charge < -0.3 is 14.0 Å². The first-order chi connectivity index (χ1) is 17.8. The number of benzene rings is 2. The fraction of sp³-hybridized carbons (Fsp3) is 0.148. The van der Waals surface area contributed by atoms with Crippen LogP contribution in [0, 0.1) is 0 Å². The molecule has 37 heavy (non-hydrogen) atoms. The molecule has 1 aliphatic heterocycles. The highest BCUT2D eigenvalue weighted by atomic mass is 35.5. The van der Waals surface area contributed by atoms with Crippen molar-refractivity contribution < 1.29 is 14.3 Å². The third kappa shape index (κ3) is 4.52. The molecule has 188 valence electrons. The molecule has 7 nitrogen and oxygen atoms in total. The van der Waals surface area contributed by atoms with Crippen molar-refractivity contribution in [3.8, 4) is 11.4 Å². The first kappa shape index (κ1) is 25.1. The van der Waals surface area contributed by atoms with Gasteiger partial charge in [0.05, 0.1) is 30.0 Å². The summed E-state index contributed by atoms with van der Waals surface area (Å²) in [5.74, 6) is -0.101. The number of ether oxygens (including phenoxy) is 2. The van der Waals surface area contributed by atoms with E-state index in [1.807, 2.05) is 53.2 Å². The van der Waals surface area contributed by atoms with Gasteiger partial charge in [0.2, 0.25) is 0 Å². The summed E-state index contributed by atoms with van der Waals surface area (Å²) in [5.41, 5.74) is 2.66. The van der Waals surface area contributed by atoms with E-state index in [0.29, 0.717) is 36.4 Å². The zero-order valence-corrected chi connectivity index (χ0v) is 22.4. The molecule has 0 N–H and O–H groups in total. The molecule has 0 saturated heterocycles. The van der Waals surface area contributed by atoms with Gasteiger partial charge in [-0.2, -0.15) is 0 Å². The quantitative estimate of drug-likeness (QED) is 0.341. The van der Waals surface area contributed by atoms with Crippen LogP contribution in [0.3, 0.4) is 0 Å². The van der Waals surface area contributed by atoms with Crippen LogP contribution >= 0.6 is 34.5 Å². The summed E-state index contributed by atoms with van der Waals surface area (Å²) in [6.07, 6.45) is 3.72. The summed E-state index contributed by atoms with van der Waals surface area (Å²) in [6, 6.07) is 15.5. The number of thiazole rings is 1. The number of hydrogen-bond donors (Lipinski definition) is 0. The standard InChI is InChI=1S/C27H21Cl2N3O4S/c1-15-23(26(34)36-3)24(20-13-17(29)8-11-21(20)35-2)32-25(33)22(37-27(32)30-15)14-19-5-4-12-31(19)18-9-6-16(28)7-10-18/h4-14,24H,1-3H3/b22-14-/t24-/m0/s1. The molecule has 0 amide bonds. The minimum Gasteiger partial charge on any atom is -0.496 e. The number of esters is 1. The van der Waals surface area contributed by atoms with Crippen molar-refractivity contribution in [2.24, 2.45) is 4.99 Å². The van der Waals surface area contributed by atoms with Crippen molar-refractivity contribution >= 4 is 46.6 Å². The number of allylic oxidation sites excluding steroid dienone is 1. The predicted molar refractivity (Wildman–Crippen MR) is 145 cm³/mol. The number of carbonyl (C=O) groups excluding carboxylic acids is 1. The van der Waals surface area contributed by atoms with Crippen LogP contribution in [0.25, 0.3) is 11.8 Å². The fourth-order valence-corrected chi connectivity index (χ4v) is 5.73. The number of hydrogen-bond acceptors (Lipinski definition) is 6. The lowest BCUT2D eigenvalue weighted by atomic mass is 9.95. The van der Waals surface area contributed by atoms with Gasteiger partial charge >= 0.3 is 5.97 Å². The van der Waals surface area contributed by atoms with Gasteiger partial charge in [0.15, 0.2) is 4.80 Å². The molecule has 1 aliphatic rings. The summed E-state index contributed by atoms with van der Waals surface area (Å²) in [6.45, 7) is 1.72. The number of nitrogens with zero attached hydrogens (tertiary/aromatic N) is 3. The Morgan fingerprint density at radius 3 is 2.51 bits per heavy atom. The maximum absolute atomic E-state index is 13.9. The number of methoxy groups -OCH3 is 2. The summed E-state index contributed by atoms with van der Waals surface area (Å²) in [4.78, 5) is 31.8. The van der Waals surface area contributed by atoms with Crippen molar-refractivity contribution in [2.75, 3.05) is 14.2 Å². The maximum Gasteiger partial charge on any atom is 0.338 e. The Hall–Kier alpha value is -3.59. The Morgan fingerprint density at radius 2 is 1.81 bits per heavy atom. The molecule has 1 atom stereocenters. The predicted octanol–water partition coefficient (Wildman–Crippen LogP) is 4.51. The van der Waals surface area contributed by atoms with E-state index in [-0.39, 0.29) is 11.1 Å². The monoisotopic (exact) mass is 553 g/mol. The van der Waals surface area contributed by atoms with E-state index in [1.54, 1.807) is 25.1 Å². The molecule has 2 aromatic heterocycles. The van der Waals surface area contributed by atoms with Crippen LogP contribution in [-0.2, 0) is 9.53 Å². The van der Waals surface area contributed by atoms with E-state index in [4.69, 9.17) is 32.7 Å². The summed E-state index contributed by atoms with van der Waals surface area (Å²) in [5, 5.41) is 1.08.